The number of likely N-dealkylation sites (N-methyl/N-ethyl adjacent to an activating group) is 1. The molecule has 0 aromatic carbocycles. The number of nitrogens with zero attached hydrogens (tertiary/aromatic N) is 3. The minimum atomic E-state index is -0.882. The first kappa shape index (κ1) is 14.1. The summed E-state index contributed by atoms with van der Waals surface area (Å²) in [7, 11) is 4.04. The van der Waals surface area contributed by atoms with Crippen molar-refractivity contribution in [3.05, 3.63) is 0 Å². The van der Waals surface area contributed by atoms with Crippen molar-refractivity contribution >= 4 is 12.0 Å². The minimum Gasteiger partial charge on any atom is -0.480 e. The van der Waals surface area contributed by atoms with E-state index < -0.39 is 12.0 Å². The Balaban J connectivity index is 2.00. The molecule has 19 heavy (non-hydrogen) atoms. The summed E-state index contributed by atoms with van der Waals surface area (Å²) in [5.74, 6) is -0.882. The van der Waals surface area contributed by atoms with Crippen LogP contribution in [0.2, 0.25) is 0 Å². The topological polar surface area (TPSA) is 64.1 Å². The van der Waals surface area contributed by atoms with Crippen molar-refractivity contribution in [3.8, 4) is 0 Å². The van der Waals surface area contributed by atoms with Crippen LogP contribution >= 0.6 is 0 Å². The second-order valence-electron chi connectivity index (χ2n) is 5.68. The molecule has 0 bridgehead atoms. The van der Waals surface area contributed by atoms with Crippen molar-refractivity contribution in [3.63, 3.8) is 0 Å². The Hall–Kier alpha value is -1.30. The largest absolute Gasteiger partial charge is 0.480 e. The molecule has 0 aromatic heterocycles. The number of carbonyl (C=O) groups is 2. The predicted octanol–water partition coefficient (Wildman–Crippen LogP) is 0.681. The Kier molecular flexibility index (Phi) is 4.29. The molecule has 2 saturated heterocycles. The van der Waals surface area contributed by atoms with E-state index in [0.29, 0.717) is 25.6 Å². The van der Waals surface area contributed by atoms with Crippen LogP contribution in [0.15, 0.2) is 0 Å². The molecule has 2 aliphatic heterocycles. The number of hydrogen-bond acceptors (Lipinski definition) is 3. The molecule has 0 radical (unpaired) electrons. The highest BCUT2D eigenvalue weighted by atomic mass is 16.4. The number of carboxylic acid groups (broad SMARTS) is 1. The summed E-state index contributed by atoms with van der Waals surface area (Å²) < 4.78 is 0. The molecule has 0 aromatic rings. The quantitative estimate of drug-likeness (QED) is 0.801. The number of likely N-dealkylation sites (tertiary alicyclic amines) is 2. The van der Waals surface area contributed by atoms with Gasteiger partial charge >= 0.3 is 12.0 Å². The third-order valence-corrected chi connectivity index (χ3v) is 4.18. The molecule has 2 fully saturated rings. The van der Waals surface area contributed by atoms with Gasteiger partial charge in [0.15, 0.2) is 0 Å². The van der Waals surface area contributed by atoms with Crippen LogP contribution in [-0.2, 0) is 4.79 Å². The molecule has 2 atom stereocenters. The molecule has 0 spiro atoms. The Morgan fingerprint density at radius 3 is 2.47 bits per heavy atom. The van der Waals surface area contributed by atoms with Crippen LogP contribution in [0.1, 0.15) is 25.7 Å². The van der Waals surface area contributed by atoms with E-state index in [1.165, 1.54) is 4.90 Å². The van der Waals surface area contributed by atoms with E-state index in [0.717, 1.165) is 25.8 Å². The summed E-state index contributed by atoms with van der Waals surface area (Å²) in [6.45, 7) is 2.01. The van der Waals surface area contributed by atoms with Gasteiger partial charge in [0.2, 0.25) is 0 Å². The second kappa shape index (κ2) is 5.77. The van der Waals surface area contributed by atoms with Crippen LogP contribution in [0.3, 0.4) is 0 Å². The van der Waals surface area contributed by atoms with Crippen LogP contribution in [-0.4, -0.2) is 77.6 Å². The number of piperidine rings is 1. The number of amides is 2. The molecule has 0 aliphatic carbocycles. The van der Waals surface area contributed by atoms with Crippen molar-refractivity contribution in [2.45, 2.75) is 37.8 Å². The maximum atomic E-state index is 12.5. The van der Waals surface area contributed by atoms with Gasteiger partial charge in [-0.1, -0.05) is 0 Å². The van der Waals surface area contributed by atoms with Crippen molar-refractivity contribution in [1.82, 2.24) is 14.7 Å². The fourth-order valence-corrected chi connectivity index (χ4v) is 2.98. The Bertz CT molecular complexity index is 359. The fourth-order valence-electron chi connectivity index (χ4n) is 2.98. The Morgan fingerprint density at radius 2 is 1.84 bits per heavy atom. The minimum absolute atomic E-state index is 0.101. The summed E-state index contributed by atoms with van der Waals surface area (Å²) in [4.78, 5) is 29.1. The van der Waals surface area contributed by atoms with E-state index in [1.807, 2.05) is 19.0 Å². The van der Waals surface area contributed by atoms with E-state index >= 15 is 0 Å². The Morgan fingerprint density at radius 1 is 1.16 bits per heavy atom. The van der Waals surface area contributed by atoms with Crippen LogP contribution in [0.25, 0.3) is 0 Å². The number of urea groups is 1. The standard InChI is InChI=1S/C13H23N3O3/c1-14(2)10-5-3-7-15(9-10)13(19)16-8-4-6-11(16)12(17)18/h10-11H,3-9H2,1-2H3,(H,17,18)/t10?,11-/m1/s1. The first-order valence-electron chi connectivity index (χ1n) is 6.95. The van der Waals surface area contributed by atoms with Gasteiger partial charge in [-0.2, -0.15) is 0 Å². The molecule has 6 heteroatoms. The van der Waals surface area contributed by atoms with Gasteiger partial charge in [-0.05, 0) is 39.8 Å². The summed E-state index contributed by atoms with van der Waals surface area (Å²) in [5.41, 5.74) is 0. The third kappa shape index (κ3) is 3.00. The van der Waals surface area contributed by atoms with Crippen molar-refractivity contribution in [2.75, 3.05) is 33.7 Å². The van der Waals surface area contributed by atoms with Crippen LogP contribution in [0.4, 0.5) is 4.79 Å². The SMILES string of the molecule is CN(C)C1CCCN(C(=O)N2CCC[C@@H]2C(=O)O)C1. The molecule has 1 N–H and O–H groups in total. The van der Waals surface area contributed by atoms with E-state index in [9.17, 15) is 9.59 Å². The van der Waals surface area contributed by atoms with Gasteiger partial charge in [-0.15, -0.1) is 0 Å². The second-order valence-corrected chi connectivity index (χ2v) is 5.68. The van der Waals surface area contributed by atoms with Gasteiger partial charge in [0.25, 0.3) is 0 Å². The summed E-state index contributed by atoms with van der Waals surface area (Å²) in [6, 6.07) is -0.354. The van der Waals surface area contributed by atoms with Gasteiger partial charge in [0.1, 0.15) is 6.04 Å². The van der Waals surface area contributed by atoms with E-state index in [4.69, 9.17) is 5.11 Å². The smallest absolute Gasteiger partial charge is 0.326 e. The molecule has 0 saturated carbocycles. The highest BCUT2D eigenvalue weighted by Crippen LogP contribution is 2.22. The normalized spacial score (nSPS) is 27.9. The van der Waals surface area contributed by atoms with Gasteiger partial charge in [0.05, 0.1) is 0 Å². The van der Waals surface area contributed by atoms with Crippen LogP contribution in [0.5, 0.6) is 0 Å². The first-order chi connectivity index (χ1) is 9.00. The molecule has 1 unspecified atom stereocenters. The van der Waals surface area contributed by atoms with Gasteiger partial charge in [0, 0.05) is 25.7 Å². The zero-order valence-corrected chi connectivity index (χ0v) is 11.7. The third-order valence-electron chi connectivity index (χ3n) is 4.18. The lowest BCUT2D eigenvalue weighted by molar-refractivity contribution is -0.141. The van der Waals surface area contributed by atoms with E-state index in [-0.39, 0.29) is 6.03 Å². The van der Waals surface area contributed by atoms with Crippen LogP contribution in [0, 0.1) is 0 Å². The van der Waals surface area contributed by atoms with E-state index in [2.05, 4.69) is 4.90 Å². The number of carbonyl (C=O) groups excluding carboxylic acids is 1. The summed E-state index contributed by atoms with van der Waals surface area (Å²) in [6.07, 6.45) is 3.44. The molecule has 2 rings (SSSR count). The molecule has 108 valence electrons. The highest BCUT2D eigenvalue weighted by Gasteiger charge is 2.37. The molecule has 2 aliphatic rings. The fraction of sp³-hybridized carbons (Fsp3) is 0.846. The number of aliphatic carboxylic acids is 1. The average Bonchev–Trinajstić information content (AvgIpc) is 2.87. The lowest BCUT2D eigenvalue weighted by Gasteiger charge is -2.38. The molecular formula is C13H23N3O3. The predicted molar refractivity (Wildman–Crippen MR) is 71.0 cm³/mol. The van der Waals surface area contributed by atoms with E-state index in [1.54, 1.807) is 0 Å². The molecule has 2 amide bonds. The maximum absolute atomic E-state index is 12.5. The zero-order chi connectivity index (χ0) is 14.0. The Labute approximate surface area is 114 Å². The summed E-state index contributed by atoms with van der Waals surface area (Å²) in [5, 5.41) is 9.15. The maximum Gasteiger partial charge on any atom is 0.326 e. The zero-order valence-electron chi connectivity index (χ0n) is 11.7. The van der Waals surface area contributed by atoms with Gasteiger partial charge in [-0.3, -0.25) is 0 Å². The average molecular weight is 269 g/mol. The molecular weight excluding hydrogens is 246 g/mol. The monoisotopic (exact) mass is 269 g/mol. The molecule has 6 nitrogen and oxygen atoms in total. The lowest BCUT2D eigenvalue weighted by Crippen LogP contribution is -2.53. The van der Waals surface area contributed by atoms with Gasteiger partial charge in [-0.25, -0.2) is 9.59 Å². The van der Waals surface area contributed by atoms with Crippen LogP contribution < -0.4 is 0 Å². The van der Waals surface area contributed by atoms with Crippen molar-refractivity contribution in [1.29, 1.82) is 0 Å². The molecule has 2 heterocycles. The highest BCUT2D eigenvalue weighted by molar-refractivity contribution is 5.83. The summed E-state index contributed by atoms with van der Waals surface area (Å²) >= 11 is 0. The van der Waals surface area contributed by atoms with Crippen molar-refractivity contribution < 1.29 is 14.7 Å². The lowest BCUT2D eigenvalue weighted by atomic mass is 10.1. The number of rotatable bonds is 2. The first-order valence-corrected chi connectivity index (χ1v) is 6.95. The van der Waals surface area contributed by atoms with Crippen molar-refractivity contribution in [2.24, 2.45) is 0 Å². The number of carboxylic acids is 1. The number of hydrogen-bond donors (Lipinski definition) is 1. The van der Waals surface area contributed by atoms with Gasteiger partial charge < -0.3 is 19.8 Å².